The number of carbonyl (C=O) groups is 1. The van der Waals surface area contributed by atoms with Crippen molar-refractivity contribution in [1.82, 2.24) is 0 Å². The molecule has 0 atom stereocenters. The van der Waals surface area contributed by atoms with Crippen LogP contribution in [0.5, 0.6) is 5.75 Å². The third kappa shape index (κ3) is 5.29. The van der Waals surface area contributed by atoms with E-state index in [1.807, 2.05) is 30.3 Å². The highest BCUT2D eigenvalue weighted by atomic mass is 16.5. The van der Waals surface area contributed by atoms with Gasteiger partial charge in [-0.15, -0.1) is 0 Å². The van der Waals surface area contributed by atoms with E-state index < -0.39 is 0 Å². The lowest BCUT2D eigenvalue weighted by molar-refractivity contribution is -0.145. The third-order valence-corrected chi connectivity index (χ3v) is 3.00. The molecular formula is C18H17NO3. The molecular weight excluding hydrogens is 278 g/mol. The minimum atomic E-state index is -0.238. The average Bonchev–Trinajstić information content (AvgIpc) is 2.58. The van der Waals surface area contributed by atoms with Gasteiger partial charge in [-0.1, -0.05) is 36.4 Å². The molecule has 0 aliphatic carbocycles. The van der Waals surface area contributed by atoms with Gasteiger partial charge in [0.25, 0.3) is 0 Å². The fraction of sp³-hybridized carbons (Fsp3) is 0.222. The lowest BCUT2D eigenvalue weighted by Crippen LogP contribution is -2.07. The highest BCUT2D eigenvalue weighted by Crippen LogP contribution is 2.13. The molecule has 0 aliphatic rings. The summed E-state index contributed by atoms with van der Waals surface area (Å²) in [7, 11) is 0. The Hall–Kier alpha value is -2.80. The second-order valence-electron chi connectivity index (χ2n) is 4.74. The Labute approximate surface area is 129 Å². The molecule has 0 saturated carbocycles. The number of rotatable bonds is 7. The van der Waals surface area contributed by atoms with Gasteiger partial charge in [-0.3, -0.25) is 4.79 Å². The zero-order valence-electron chi connectivity index (χ0n) is 12.2. The first-order valence-electron chi connectivity index (χ1n) is 7.10. The molecule has 0 heterocycles. The van der Waals surface area contributed by atoms with Crippen LogP contribution in [0.1, 0.15) is 24.0 Å². The van der Waals surface area contributed by atoms with Crippen LogP contribution in [0.25, 0.3) is 0 Å². The van der Waals surface area contributed by atoms with E-state index in [1.54, 1.807) is 24.3 Å². The number of esters is 1. The summed E-state index contributed by atoms with van der Waals surface area (Å²) in [4.78, 5) is 11.6. The minimum absolute atomic E-state index is 0.238. The number of hydrogen-bond acceptors (Lipinski definition) is 4. The van der Waals surface area contributed by atoms with Crippen molar-refractivity contribution in [1.29, 1.82) is 5.26 Å². The lowest BCUT2D eigenvalue weighted by atomic mass is 10.2. The molecule has 0 fully saturated rings. The second-order valence-corrected chi connectivity index (χ2v) is 4.74. The van der Waals surface area contributed by atoms with E-state index >= 15 is 0 Å². The maximum Gasteiger partial charge on any atom is 0.306 e. The van der Waals surface area contributed by atoms with E-state index in [9.17, 15) is 4.79 Å². The largest absolute Gasteiger partial charge is 0.494 e. The van der Waals surface area contributed by atoms with Crippen LogP contribution in [0.3, 0.4) is 0 Å². The van der Waals surface area contributed by atoms with Crippen LogP contribution in [0.4, 0.5) is 0 Å². The fourth-order valence-electron chi connectivity index (χ4n) is 1.87. The Balaban J connectivity index is 1.64. The van der Waals surface area contributed by atoms with Crippen LogP contribution < -0.4 is 4.74 Å². The van der Waals surface area contributed by atoms with Crippen LogP contribution >= 0.6 is 0 Å². The molecule has 0 aliphatic heterocycles. The van der Waals surface area contributed by atoms with Gasteiger partial charge in [0.1, 0.15) is 12.4 Å². The predicted molar refractivity (Wildman–Crippen MR) is 82.1 cm³/mol. The number of benzene rings is 2. The van der Waals surface area contributed by atoms with Crippen molar-refractivity contribution in [3.05, 3.63) is 65.7 Å². The van der Waals surface area contributed by atoms with E-state index in [2.05, 4.69) is 6.07 Å². The standard InChI is InChI=1S/C18H17NO3/c19-13-16-8-4-9-17(12-16)21-11-5-10-18(20)22-14-15-6-2-1-3-7-15/h1-4,6-9,12H,5,10-11,14H2. The van der Waals surface area contributed by atoms with Crippen molar-refractivity contribution in [3.8, 4) is 11.8 Å². The van der Waals surface area contributed by atoms with Crippen molar-refractivity contribution in [2.75, 3.05) is 6.61 Å². The number of hydrogen-bond donors (Lipinski definition) is 0. The number of nitrogens with zero attached hydrogens (tertiary/aromatic N) is 1. The predicted octanol–water partition coefficient (Wildman–Crippen LogP) is 3.46. The topological polar surface area (TPSA) is 59.3 Å². The number of ether oxygens (including phenoxy) is 2. The van der Waals surface area contributed by atoms with E-state index in [0.717, 1.165) is 5.56 Å². The van der Waals surface area contributed by atoms with E-state index in [0.29, 0.717) is 37.4 Å². The van der Waals surface area contributed by atoms with Gasteiger partial charge in [0.05, 0.1) is 18.2 Å². The quantitative estimate of drug-likeness (QED) is 0.580. The molecule has 4 nitrogen and oxygen atoms in total. The van der Waals surface area contributed by atoms with Crippen LogP contribution in [0.2, 0.25) is 0 Å². The zero-order chi connectivity index (χ0) is 15.6. The smallest absolute Gasteiger partial charge is 0.306 e. The summed E-state index contributed by atoms with van der Waals surface area (Å²) in [5, 5.41) is 8.79. The van der Waals surface area contributed by atoms with Crippen molar-refractivity contribution in [3.63, 3.8) is 0 Å². The van der Waals surface area contributed by atoms with Crippen molar-refractivity contribution >= 4 is 5.97 Å². The molecule has 0 radical (unpaired) electrons. The van der Waals surface area contributed by atoms with Crippen molar-refractivity contribution in [2.24, 2.45) is 0 Å². The third-order valence-electron chi connectivity index (χ3n) is 3.00. The van der Waals surface area contributed by atoms with Gasteiger partial charge in [0, 0.05) is 6.42 Å². The summed E-state index contributed by atoms with van der Waals surface area (Å²) in [6.07, 6.45) is 0.884. The summed E-state index contributed by atoms with van der Waals surface area (Å²) >= 11 is 0. The number of carbonyl (C=O) groups excluding carboxylic acids is 1. The van der Waals surface area contributed by atoms with Gasteiger partial charge in [-0.25, -0.2) is 0 Å². The fourth-order valence-corrected chi connectivity index (χ4v) is 1.87. The maximum absolute atomic E-state index is 11.6. The van der Waals surface area contributed by atoms with Crippen LogP contribution in [-0.2, 0) is 16.1 Å². The Morgan fingerprint density at radius 2 is 1.91 bits per heavy atom. The first kappa shape index (κ1) is 15.6. The molecule has 0 unspecified atom stereocenters. The summed E-state index contributed by atoms with van der Waals surface area (Å²) in [5.74, 6) is 0.398. The molecule has 0 spiro atoms. The molecule has 0 amide bonds. The second kappa shape index (κ2) is 8.48. The molecule has 2 aromatic carbocycles. The molecule has 0 N–H and O–H groups in total. The Morgan fingerprint density at radius 3 is 2.68 bits per heavy atom. The van der Waals surface area contributed by atoms with Gasteiger partial charge in [0.2, 0.25) is 0 Å². The van der Waals surface area contributed by atoms with Crippen molar-refractivity contribution in [2.45, 2.75) is 19.4 Å². The maximum atomic E-state index is 11.6. The van der Waals surface area contributed by atoms with E-state index in [4.69, 9.17) is 14.7 Å². The number of nitriles is 1. The van der Waals surface area contributed by atoms with E-state index in [-0.39, 0.29) is 5.97 Å². The van der Waals surface area contributed by atoms with Gasteiger partial charge < -0.3 is 9.47 Å². The van der Waals surface area contributed by atoms with Gasteiger partial charge in [-0.05, 0) is 30.2 Å². The zero-order valence-corrected chi connectivity index (χ0v) is 12.2. The summed E-state index contributed by atoms with van der Waals surface area (Å²) < 4.78 is 10.7. The monoisotopic (exact) mass is 295 g/mol. The summed E-state index contributed by atoms with van der Waals surface area (Å²) in [5.41, 5.74) is 1.53. The van der Waals surface area contributed by atoms with Crippen LogP contribution in [-0.4, -0.2) is 12.6 Å². The average molecular weight is 295 g/mol. The van der Waals surface area contributed by atoms with E-state index in [1.165, 1.54) is 0 Å². The first-order chi connectivity index (χ1) is 10.8. The molecule has 0 aromatic heterocycles. The molecule has 0 saturated heterocycles. The molecule has 112 valence electrons. The van der Waals surface area contributed by atoms with Gasteiger partial charge >= 0.3 is 5.97 Å². The highest BCUT2D eigenvalue weighted by molar-refractivity contribution is 5.69. The molecule has 22 heavy (non-hydrogen) atoms. The van der Waals surface area contributed by atoms with Gasteiger partial charge in [0.15, 0.2) is 0 Å². The van der Waals surface area contributed by atoms with Gasteiger partial charge in [-0.2, -0.15) is 5.26 Å². The van der Waals surface area contributed by atoms with Crippen molar-refractivity contribution < 1.29 is 14.3 Å². The first-order valence-corrected chi connectivity index (χ1v) is 7.10. The molecule has 2 rings (SSSR count). The Bertz CT molecular complexity index is 647. The summed E-state index contributed by atoms with van der Waals surface area (Å²) in [6, 6.07) is 18.6. The molecule has 0 bridgehead atoms. The van der Waals surface area contributed by atoms with Crippen LogP contribution in [0.15, 0.2) is 54.6 Å². The lowest BCUT2D eigenvalue weighted by Gasteiger charge is -2.07. The highest BCUT2D eigenvalue weighted by Gasteiger charge is 2.04. The normalized spacial score (nSPS) is 9.77. The summed E-state index contributed by atoms with van der Waals surface area (Å²) in [6.45, 7) is 0.708. The SMILES string of the molecule is N#Cc1cccc(OCCCC(=O)OCc2ccccc2)c1. The van der Waals surface area contributed by atoms with Crippen LogP contribution in [0, 0.1) is 11.3 Å². The Kier molecular flexibility index (Phi) is 6.01. The minimum Gasteiger partial charge on any atom is -0.494 e. The molecule has 2 aromatic rings. The Morgan fingerprint density at radius 1 is 1.09 bits per heavy atom. The molecule has 4 heteroatoms.